The standard InChI is InChI=1S/C13H15BrFNO3/c1-8(10-3-2-9(14)6-11(10)15)16-4-5-19-12(7-16)13(17)18/h2-3,6,8,12H,4-5,7H2,1H3,(H,17,18). The number of halogens is 2. The van der Waals surface area contributed by atoms with E-state index in [9.17, 15) is 9.18 Å². The zero-order valence-electron chi connectivity index (χ0n) is 10.5. The van der Waals surface area contributed by atoms with Crippen molar-refractivity contribution in [2.75, 3.05) is 19.7 Å². The summed E-state index contributed by atoms with van der Waals surface area (Å²) in [7, 11) is 0. The summed E-state index contributed by atoms with van der Waals surface area (Å²) in [6.07, 6.45) is -0.838. The number of ether oxygens (including phenoxy) is 1. The van der Waals surface area contributed by atoms with Crippen LogP contribution >= 0.6 is 15.9 Å². The van der Waals surface area contributed by atoms with Crippen molar-refractivity contribution in [2.24, 2.45) is 0 Å². The number of morpholine rings is 1. The molecular weight excluding hydrogens is 317 g/mol. The SMILES string of the molecule is CC(c1ccc(Br)cc1F)N1CCOC(C(=O)O)C1. The first-order valence-corrected chi connectivity index (χ1v) is 6.81. The number of aliphatic carboxylic acids is 1. The Bertz CT molecular complexity index is 483. The number of carboxylic acid groups (broad SMARTS) is 1. The fraction of sp³-hybridized carbons (Fsp3) is 0.462. The molecule has 1 aliphatic heterocycles. The molecule has 1 aromatic rings. The normalized spacial score (nSPS) is 22.2. The molecule has 1 fully saturated rings. The first-order valence-electron chi connectivity index (χ1n) is 6.02. The van der Waals surface area contributed by atoms with Gasteiger partial charge in [0.05, 0.1) is 6.61 Å². The Labute approximate surface area is 119 Å². The van der Waals surface area contributed by atoms with E-state index in [1.54, 1.807) is 12.1 Å². The third-order valence-electron chi connectivity index (χ3n) is 3.33. The molecule has 2 unspecified atom stereocenters. The molecule has 1 heterocycles. The van der Waals surface area contributed by atoms with Crippen LogP contribution in [0.2, 0.25) is 0 Å². The number of rotatable bonds is 3. The van der Waals surface area contributed by atoms with E-state index in [2.05, 4.69) is 15.9 Å². The van der Waals surface area contributed by atoms with Crippen molar-refractivity contribution in [3.05, 3.63) is 34.1 Å². The molecular formula is C13H15BrFNO3. The molecule has 4 nitrogen and oxygen atoms in total. The highest BCUT2D eigenvalue weighted by Gasteiger charge is 2.30. The topological polar surface area (TPSA) is 49.8 Å². The van der Waals surface area contributed by atoms with Crippen molar-refractivity contribution in [3.8, 4) is 0 Å². The predicted molar refractivity (Wildman–Crippen MR) is 71.5 cm³/mol. The minimum absolute atomic E-state index is 0.182. The highest BCUT2D eigenvalue weighted by Crippen LogP contribution is 2.26. The lowest BCUT2D eigenvalue weighted by Crippen LogP contribution is -2.47. The Balaban J connectivity index is 2.14. The summed E-state index contributed by atoms with van der Waals surface area (Å²) in [5.74, 6) is -1.27. The summed E-state index contributed by atoms with van der Waals surface area (Å²) in [6.45, 7) is 3.09. The third kappa shape index (κ3) is 3.32. The van der Waals surface area contributed by atoms with Gasteiger partial charge >= 0.3 is 5.97 Å². The van der Waals surface area contributed by atoms with E-state index in [0.717, 1.165) is 0 Å². The number of hydrogen-bond acceptors (Lipinski definition) is 3. The van der Waals surface area contributed by atoms with Crippen molar-refractivity contribution < 1.29 is 19.0 Å². The van der Waals surface area contributed by atoms with E-state index < -0.39 is 12.1 Å². The lowest BCUT2D eigenvalue weighted by atomic mass is 10.1. The maximum atomic E-state index is 13.9. The zero-order valence-corrected chi connectivity index (χ0v) is 12.1. The molecule has 0 amide bonds. The van der Waals surface area contributed by atoms with E-state index in [4.69, 9.17) is 9.84 Å². The van der Waals surface area contributed by atoms with Crippen molar-refractivity contribution in [2.45, 2.75) is 19.1 Å². The molecule has 0 bridgehead atoms. The average molecular weight is 332 g/mol. The predicted octanol–water partition coefficient (Wildman–Crippen LogP) is 2.43. The van der Waals surface area contributed by atoms with Gasteiger partial charge in [-0.05, 0) is 19.1 Å². The summed E-state index contributed by atoms with van der Waals surface area (Å²) in [5.41, 5.74) is 0.564. The maximum Gasteiger partial charge on any atom is 0.334 e. The molecule has 2 rings (SSSR count). The molecule has 0 aromatic heterocycles. The molecule has 0 radical (unpaired) electrons. The van der Waals surface area contributed by atoms with E-state index >= 15 is 0 Å². The van der Waals surface area contributed by atoms with E-state index in [1.807, 2.05) is 11.8 Å². The number of carbonyl (C=O) groups is 1. The first kappa shape index (κ1) is 14.4. The fourth-order valence-electron chi connectivity index (χ4n) is 2.21. The fourth-order valence-corrected chi connectivity index (χ4v) is 2.54. The Hall–Kier alpha value is -0.980. The van der Waals surface area contributed by atoms with E-state index in [1.165, 1.54) is 6.07 Å². The number of carboxylic acids is 1. The molecule has 0 aliphatic carbocycles. The Morgan fingerprint density at radius 1 is 1.63 bits per heavy atom. The minimum Gasteiger partial charge on any atom is -0.479 e. The van der Waals surface area contributed by atoms with Gasteiger partial charge in [0.25, 0.3) is 0 Å². The Morgan fingerprint density at radius 2 is 2.37 bits per heavy atom. The summed E-state index contributed by atoms with van der Waals surface area (Å²) < 4.78 is 19.8. The van der Waals surface area contributed by atoms with Gasteiger partial charge in [0.1, 0.15) is 5.82 Å². The van der Waals surface area contributed by atoms with Crippen LogP contribution in [-0.2, 0) is 9.53 Å². The summed E-state index contributed by atoms with van der Waals surface area (Å²) >= 11 is 3.22. The van der Waals surface area contributed by atoms with Crippen LogP contribution in [0.25, 0.3) is 0 Å². The number of nitrogens with zero attached hydrogens (tertiary/aromatic N) is 1. The van der Waals surface area contributed by atoms with Crippen molar-refractivity contribution in [3.63, 3.8) is 0 Å². The van der Waals surface area contributed by atoms with Gasteiger partial charge in [0, 0.05) is 29.2 Å². The summed E-state index contributed by atoms with van der Waals surface area (Å²) in [6, 6.07) is 4.74. The largest absolute Gasteiger partial charge is 0.479 e. The van der Waals surface area contributed by atoms with Crippen LogP contribution in [0.4, 0.5) is 4.39 Å². The lowest BCUT2D eigenvalue weighted by molar-refractivity contribution is -0.157. The second-order valence-electron chi connectivity index (χ2n) is 4.53. The van der Waals surface area contributed by atoms with E-state index in [-0.39, 0.29) is 18.4 Å². The molecule has 0 spiro atoms. The molecule has 1 aliphatic rings. The van der Waals surface area contributed by atoms with Gasteiger partial charge in [-0.3, -0.25) is 4.90 Å². The third-order valence-corrected chi connectivity index (χ3v) is 3.83. The second kappa shape index (κ2) is 5.98. The first-order chi connectivity index (χ1) is 8.99. The van der Waals surface area contributed by atoms with Gasteiger partial charge in [-0.25, -0.2) is 9.18 Å². The van der Waals surface area contributed by atoms with Crippen LogP contribution in [0.15, 0.2) is 22.7 Å². The molecule has 2 atom stereocenters. The molecule has 6 heteroatoms. The monoisotopic (exact) mass is 331 g/mol. The van der Waals surface area contributed by atoms with Gasteiger partial charge < -0.3 is 9.84 Å². The van der Waals surface area contributed by atoms with Crippen molar-refractivity contribution in [1.29, 1.82) is 0 Å². The second-order valence-corrected chi connectivity index (χ2v) is 5.45. The summed E-state index contributed by atoms with van der Waals surface area (Å²) in [5, 5.41) is 8.97. The molecule has 104 valence electrons. The Morgan fingerprint density at radius 3 is 3.00 bits per heavy atom. The van der Waals surface area contributed by atoms with Gasteiger partial charge in [-0.1, -0.05) is 22.0 Å². The molecule has 19 heavy (non-hydrogen) atoms. The van der Waals surface area contributed by atoms with Crippen LogP contribution in [0.5, 0.6) is 0 Å². The van der Waals surface area contributed by atoms with Gasteiger partial charge in [-0.15, -0.1) is 0 Å². The smallest absolute Gasteiger partial charge is 0.334 e. The van der Waals surface area contributed by atoms with Crippen LogP contribution in [0.3, 0.4) is 0 Å². The van der Waals surface area contributed by atoms with Crippen molar-refractivity contribution >= 4 is 21.9 Å². The van der Waals surface area contributed by atoms with Crippen LogP contribution in [-0.4, -0.2) is 41.8 Å². The van der Waals surface area contributed by atoms with Gasteiger partial charge in [0.2, 0.25) is 0 Å². The Kier molecular flexibility index (Phi) is 4.54. The van der Waals surface area contributed by atoms with E-state index in [0.29, 0.717) is 23.2 Å². The zero-order chi connectivity index (χ0) is 14.0. The number of benzene rings is 1. The molecule has 1 saturated heterocycles. The van der Waals surface area contributed by atoms with Crippen molar-refractivity contribution in [1.82, 2.24) is 4.90 Å². The van der Waals surface area contributed by atoms with Crippen LogP contribution in [0.1, 0.15) is 18.5 Å². The summed E-state index contributed by atoms with van der Waals surface area (Å²) in [4.78, 5) is 12.9. The maximum absolute atomic E-state index is 13.9. The van der Waals surface area contributed by atoms with Gasteiger partial charge in [0.15, 0.2) is 6.10 Å². The lowest BCUT2D eigenvalue weighted by Gasteiger charge is -2.35. The molecule has 1 N–H and O–H groups in total. The number of hydrogen-bond donors (Lipinski definition) is 1. The molecule has 1 aromatic carbocycles. The highest BCUT2D eigenvalue weighted by molar-refractivity contribution is 9.10. The quantitative estimate of drug-likeness (QED) is 0.924. The average Bonchev–Trinajstić information content (AvgIpc) is 2.38. The highest BCUT2D eigenvalue weighted by atomic mass is 79.9. The molecule has 0 saturated carbocycles. The minimum atomic E-state index is -0.979. The van der Waals surface area contributed by atoms with Crippen LogP contribution in [0, 0.1) is 5.82 Å². The van der Waals surface area contributed by atoms with Gasteiger partial charge in [-0.2, -0.15) is 0 Å². The van der Waals surface area contributed by atoms with Crippen LogP contribution < -0.4 is 0 Å².